The molecule has 9 heteroatoms. The van der Waals surface area contributed by atoms with Gasteiger partial charge in [0.15, 0.2) is 11.5 Å². The van der Waals surface area contributed by atoms with Crippen molar-refractivity contribution in [3.63, 3.8) is 0 Å². The Morgan fingerprint density at radius 1 is 1.03 bits per heavy atom. The second-order valence-corrected chi connectivity index (χ2v) is 6.36. The van der Waals surface area contributed by atoms with Crippen LogP contribution in [0.4, 0.5) is 11.5 Å². The van der Waals surface area contributed by atoms with Crippen LogP contribution >= 0.6 is 11.6 Å². The van der Waals surface area contributed by atoms with E-state index in [2.05, 4.69) is 20.6 Å². The van der Waals surface area contributed by atoms with Gasteiger partial charge in [0.2, 0.25) is 11.8 Å². The molecule has 0 saturated heterocycles. The van der Waals surface area contributed by atoms with E-state index in [4.69, 9.17) is 25.8 Å². The average molecular weight is 429 g/mol. The van der Waals surface area contributed by atoms with Crippen molar-refractivity contribution in [3.8, 4) is 23.1 Å². The minimum absolute atomic E-state index is 0.119. The number of ether oxygens (including phenoxy) is 3. The van der Waals surface area contributed by atoms with Crippen LogP contribution in [-0.2, 0) is 11.3 Å². The first-order chi connectivity index (χ1) is 14.6. The van der Waals surface area contributed by atoms with Gasteiger partial charge in [-0.3, -0.25) is 4.79 Å². The highest BCUT2D eigenvalue weighted by atomic mass is 35.5. The van der Waals surface area contributed by atoms with Crippen molar-refractivity contribution in [2.45, 2.75) is 6.54 Å². The lowest BCUT2D eigenvalue weighted by Gasteiger charge is -2.11. The van der Waals surface area contributed by atoms with E-state index in [-0.39, 0.29) is 11.8 Å². The molecule has 1 aromatic heterocycles. The summed E-state index contributed by atoms with van der Waals surface area (Å²) in [6, 6.07) is 14.3. The van der Waals surface area contributed by atoms with Crippen molar-refractivity contribution in [2.75, 3.05) is 30.7 Å². The number of nitrogens with zero attached hydrogens (tertiary/aromatic N) is 2. The van der Waals surface area contributed by atoms with Crippen molar-refractivity contribution < 1.29 is 19.0 Å². The maximum atomic E-state index is 11.4. The van der Waals surface area contributed by atoms with Gasteiger partial charge in [0, 0.05) is 24.4 Å². The van der Waals surface area contributed by atoms with Crippen molar-refractivity contribution >= 4 is 29.0 Å². The maximum Gasteiger partial charge on any atom is 0.239 e. The number of carbonyl (C=O) groups is 1. The molecule has 3 aromatic rings. The molecule has 1 heterocycles. The van der Waals surface area contributed by atoms with Crippen molar-refractivity contribution in [2.24, 2.45) is 0 Å². The lowest BCUT2D eigenvalue weighted by atomic mass is 10.2. The quantitative estimate of drug-likeness (QED) is 0.496. The van der Waals surface area contributed by atoms with Crippen LogP contribution in [0, 0.1) is 0 Å². The third-order valence-electron chi connectivity index (χ3n) is 4.03. The number of hydrogen-bond acceptors (Lipinski definition) is 7. The number of anilines is 2. The summed E-state index contributed by atoms with van der Waals surface area (Å²) >= 11 is 5.51. The number of alkyl halides is 1. The van der Waals surface area contributed by atoms with Crippen LogP contribution in [0.25, 0.3) is 0 Å². The molecule has 8 nitrogen and oxygen atoms in total. The molecular formula is C21H21ClN4O4. The van der Waals surface area contributed by atoms with Gasteiger partial charge in [0.25, 0.3) is 0 Å². The van der Waals surface area contributed by atoms with Crippen molar-refractivity contribution in [3.05, 3.63) is 60.4 Å². The normalized spacial score (nSPS) is 10.2. The van der Waals surface area contributed by atoms with Crippen molar-refractivity contribution in [1.82, 2.24) is 9.97 Å². The summed E-state index contributed by atoms with van der Waals surface area (Å²) in [7, 11) is 3.19. The molecule has 0 spiro atoms. The van der Waals surface area contributed by atoms with Gasteiger partial charge in [0.05, 0.1) is 14.2 Å². The molecule has 0 unspecified atom stereocenters. The Morgan fingerprint density at radius 3 is 2.63 bits per heavy atom. The van der Waals surface area contributed by atoms with Crippen LogP contribution in [0.2, 0.25) is 0 Å². The van der Waals surface area contributed by atoms with Crippen LogP contribution < -0.4 is 24.8 Å². The van der Waals surface area contributed by atoms with Gasteiger partial charge < -0.3 is 24.8 Å². The Labute approximate surface area is 179 Å². The fourth-order valence-electron chi connectivity index (χ4n) is 2.63. The lowest BCUT2D eigenvalue weighted by Crippen LogP contribution is -2.12. The van der Waals surface area contributed by atoms with E-state index in [1.165, 1.54) is 6.33 Å². The Morgan fingerprint density at radius 2 is 1.87 bits per heavy atom. The van der Waals surface area contributed by atoms with Crippen LogP contribution in [0.15, 0.2) is 54.9 Å². The second-order valence-electron chi connectivity index (χ2n) is 6.10. The summed E-state index contributed by atoms with van der Waals surface area (Å²) in [6.07, 6.45) is 1.41. The molecule has 2 N–H and O–H groups in total. The zero-order valence-corrected chi connectivity index (χ0v) is 17.3. The molecule has 0 aliphatic rings. The Hall–Kier alpha value is -3.52. The highest BCUT2D eigenvalue weighted by Gasteiger charge is 2.07. The standard InChI is InChI=1S/C21H21ClN4O4/c1-28-17-7-6-14(8-18(17)29-2)12-23-19-10-21(25-13-24-19)30-16-5-3-4-15(9-16)26-20(27)11-22/h3-10,13H,11-12H2,1-2H3,(H,26,27)(H,23,24,25). The number of nitrogens with one attached hydrogen (secondary N) is 2. The zero-order valence-electron chi connectivity index (χ0n) is 16.5. The summed E-state index contributed by atoms with van der Waals surface area (Å²) in [4.78, 5) is 19.8. The molecule has 0 aliphatic carbocycles. The molecule has 3 rings (SSSR count). The Balaban J connectivity index is 1.65. The molecule has 0 bridgehead atoms. The number of hydrogen-bond donors (Lipinski definition) is 2. The van der Waals surface area contributed by atoms with Gasteiger partial charge in [-0.25, -0.2) is 9.97 Å². The van der Waals surface area contributed by atoms with E-state index in [1.54, 1.807) is 44.6 Å². The monoisotopic (exact) mass is 428 g/mol. The number of benzene rings is 2. The van der Waals surface area contributed by atoms with E-state index >= 15 is 0 Å². The first kappa shape index (κ1) is 21.2. The molecule has 0 atom stereocenters. The molecule has 30 heavy (non-hydrogen) atoms. The average Bonchev–Trinajstić information content (AvgIpc) is 2.78. The number of methoxy groups -OCH3 is 2. The highest BCUT2D eigenvalue weighted by molar-refractivity contribution is 6.29. The van der Waals surface area contributed by atoms with Gasteiger partial charge in [-0.05, 0) is 29.8 Å². The SMILES string of the molecule is COc1ccc(CNc2cc(Oc3cccc(NC(=O)CCl)c3)ncn2)cc1OC. The topological polar surface area (TPSA) is 94.6 Å². The summed E-state index contributed by atoms with van der Waals surface area (Å²) in [5.41, 5.74) is 1.58. The van der Waals surface area contributed by atoms with E-state index in [0.717, 1.165) is 5.56 Å². The third kappa shape index (κ3) is 5.74. The molecule has 156 valence electrons. The van der Waals surface area contributed by atoms with Crippen LogP contribution in [0.3, 0.4) is 0 Å². The van der Waals surface area contributed by atoms with Gasteiger partial charge in [-0.2, -0.15) is 0 Å². The molecule has 1 amide bonds. The number of aromatic nitrogens is 2. The minimum atomic E-state index is -0.294. The summed E-state index contributed by atoms with van der Waals surface area (Å²) in [6.45, 7) is 0.525. The Bertz CT molecular complexity index is 1020. The zero-order chi connectivity index (χ0) is 21.3. The third-order valence-corrected chi connectivity index (χ3v) is 4.27. The molecule has 0 saturated carbocycles. The smallest absolute Gasteiger partial charge is 0.239 e. The molecule has 0 fully saturated rings. The van der Waals surface area contributed by atoms with Gasteiger partial charge in [-0.1, -0.05) is 12.1 Å². The molecule has 0 aliphatic heterocycles. The largest absolute Gasteiger partial charge is 0.493 e. The van der Waals surface area contributed by atoms with E-state index in [1.807, 2.05) is 18.2 Å². The molecule has 2 aromatic carbocycles. The number of amides is 1. The van der Waals surface area contributed by atoms with Gasteiger partial charge >= 0.3 is 0 Å². The van der Waals surface area contributed by atoms with Crippen LogP contribution in [-0.4, -0.2) is 36.0 Å². The second kappa shape index (κ2) is 10.3. The fourth-order valence-corrected chi connectivity index (χ4v) is 2.69. The lowest BCUT2D eigenvalue weighted by molar-refractivity contribution is -0.113. The predicted octanol–water partition coefficient (Wildman–Crippen LogP) is 4.08. The van der Waals surface area contributed by atoms with Crippen molar-refractivity contribution in [1.29, 1.82) is 0 Å². The number of rotatable bonds is 9. The molecular weight excluding hydrogens is 408 g/mol. The minimum Gasteiger partial charge on any atom is -0.493 e. The summed E-state index contributed by atoms with van der Waals surface area (Å²) in [5.74, 6) is 2.39. The number of halogens is 1. The van der Waals surface area contributed by atoms with Gasteiger partial charge in [-0.15, -0.1) is 11.6 Å². The van der Waals surface area contributed by atoms with Crippen LogP contribution in [0.1, 0.15) is 5.56 Å². The number of carbonyl (C=O) groups excluding carboxylic acids is 1. The highest BCUT2D eigenvalue weighted by Crippen LogP contribution is 2.28. The first-order valence-electron chi connectivity index (χ1n) is 9.02. The maximum absolute atomic E-state index is 11.4. The van der Waals surface area contributed by atoms with E-state index < -0.39 is 0 Å². The fraction of sp³-hybridized carbons (Fsp3) is 0.190. The summed E-state index contributed by atoms with van der Waals surface area (Å²) < 4.78 is 16.4. The van der Waals surface area contributed by atoms with E-state index in [9.17, 15) is 4.79 Å². The van der Waals surface area contributed by atoms with E-state index in [0.29, 0.717) is 41.2 Å². The van der Waals surface area contributed by atoms with Crippen LogP contribution in [0.5, 0.6) is 23.1 Å². The molecule has 0 radical (unpaired) electrons. The first-order valence-corrected chi connectivity index (χ1v) is 9.55. The predicted molar refractivity (Wildman–Crippen MR) is 115 cm³/mol. The van der Waals surface area contributed by atoms with Gasteiger partial charge in [0.1, 0.15) is 23.8 Å². The summed E-state index contributed by atoms with van der Waals surface area (Å²) in [5, 5.41) is 5.89. The Kier molecular flexibility index (Phi) is 7.29.